The SMILES string of the molecule is C=C1OB(c2cc([N+](=O)[O-])c(N)c(C(=O)OC)c2F)OC1(C)C. The van der Waals surface area contributed by atoms with Gasteiger partial charge in [0.2, 0.25) is 0 Å². The first-order chi connectivity index (χ1) is 10.6. The summed E-state index contributed by atoms with van der Waals surface area (Å²) in [5.41, 5.74) is 2.26. The maximum Gasteiger partial charge on any atom is 0.566 e. The molecule has 10 heteroatoms. The Hall–Kier alpha value is -2.62. The Kier molecular flexibility index (Phi) is 4.04. The Morgan fingerprint density at radius 3 is 2.61 bits per heavy atom. The van der Waals surface area contributed by atoms with E-state index < -0.39 is 46.4 Å². The molecule has 0 bridgehead atoms. The fourth-order valence-electron chi connectivity index (χ4n) is 2.06. The van der Waals surface area contributed by atoms with Gasteiger partial charge in [-0.3, -0.25) is 10.1 Å². The lowest BCUT2D eigenvalue weighted by Gasteiger charge is -2.16. The molecule has 1 heterocycles. The second kappa shape index (κ2) is 5.54. The van der Waals surface area contributed by atoms with E-state index in [1.165, 1.54) is 0 Å². The van der Waals surface area contributed by atoms with Crippen LogP contribution in [0.1, 0.15) is 24.2 Å². The molecule has 1 aromatic rings. The molecular weight excluding hydrogens is 310 g/mol. The van der Waals surface area contributed by atoms with Crippen molar-refractivity contribution >= 4 is 29.9 Å². The largest absolute Gasteiger partial charge is 0.566 e. The molecule has 0 unspecified atom stereocenters. The van der Waals surface area contributed by atoms with Crippen molar-refractivity contribution in [2.45, 2.75) is 19.4 Å². The van der Waals surface area contributed by atoms with E-state index in [4.69, 9.17) is 15.0 Å². The predicted octanol–water partition coefficient (Wildman–Crippen LogP) is 1.14. The zero-order valence-electron chi connectivity index (χ0n) is 12.7. The van der Waals surface area contributed by atoms with Gasteiger partial charge in [-0.2, -0.15) is 0 Å². The van der Waals surface area contributed by atoms with E-state index in [1.54, 1.807) is 13.8 Å². The van der Waals surface area contributed by atoms with Gasteiger partial charge in [0.05, 0.1) is 17.8 Å². The lowest BCUT2D eigenvalue weighted by Crippen LogP contribution is -2.38. The van der Waals surface area contributed by atoms with E-state index >= 15 is 0 Å². The van der Waals surface area contributed by atoms with E-state index in [-0.39, 0.29) is 11.2 Å². The number of rotatable bonds is 3. The highest BCUT2D eigenvalue weighted by molar-refractivity contribution is 6.62. The molecule has 8 nitrogen and oxygen atoms in total. The van der Waals surface area contributed by atoms with Gasteiger partial charge in [0.15, 0.2) is 0 Å². The van der Waals surface area contributed by atoms with E-state index in [2.05, 4.69) is 11.3 Å². The molecule has 1 aliphatic heterocycles. The molecule has 1 aliphatic rings. The zero-order valence-corrected chi connectivity index (χ0v) is 12.7. The molecule has 0 aliphatic carbocycles. The number of nitro benzene ring substituents is 1. The standard InChI is InChI=1S/C13H14BFN2O6/c1-6-13(2,3)23-14(22-6)7-5-8(17(19)20)11(16)9(10(7)15)12(18)21-4/h5H,1,16H2,2-4H3. The van der Waals surface area contributed by atoms with Crippen LogP contribution in [0.5, 0.6) is 0 Å². The second-order valence-electron chi connectivity index (χ2n) is 5.34. The fraction of sp³-hybridized carbons (Fsp3) is 0.308. The molecule has 0 atom stereocenters. The molecule has 0 spiro atoms. The van der Waals surface area contributed by atoms with Crippen LogP contribution < -0.4 is 11.2 Å². The topological polar surface area (TPSA) is 114 Å². The fourth-order valence-corrected chi connectivity index (χ4v) is 2.06. The normalized spacial score (nSPS) is 16.2. The molecule has 0 saturated carbocycles. The highest BCUT2D eigenvalue weighted by Crippen LogP contribution is 2.32. The smallest absolute Gasteiger partial charge is 0.534 e. The zero-order chi connectivity index (χ0) is 17.5. The first-order valence-corrected chi connectivity index (χ1v) is 6.48. The lowest BCUT2D eigenvalue weighted by molar-refractivity contribution is -0.383. The summed E-state index contributed by atoms with van der Waals surface area (Å²) in [7, 11) is -0.284. The molecule has 122 valence electrons. The molecule has 23 heavy (non-hydrogen) atoms. The quantitative estimate of drug-likeness (QED) is 0.291. The number of benzene rings is 1. The molecular formula is C13H14BFN2O6. The summed E-state index contributed by atoms with van der Waals surface area (Å²) >= 11 is 0. The first-order valence-electron chi connectivity index (χ1n) is 6.48. The van der Waals surface area contributed by atoms with Gasteiger partial charge in [-0.15, -0.1) is 0 Å². The summed E-state index contributed by atoms with van der Waals surface area (Å²) in [5, 5.41) is 11.1. The number of anilines is 1. The third-order valence-electron chi connectivity index (χ3n) is 3.47. The van der Waals surface area contributed by atoms with Crippen molar-refractivity contribution in [3.63, 3.8) is 0 Å². The van der Waals surface area contributed by atoms with Gasteiger partial charge in [0, 0.05) is 11.5 Å². The molecule has 2 rings (SSSR count). The minimum absolute atomic E-state index is 0.223. The summed E-state index contributed by atoms with van der Waals surface area (Å²) < 4.78 is 29.9. The van der Waals surface area contributed by atoms with Gasteiger partial charge in [0.25, 0.3) is 5.69 Å². The number of methoxy groups -OCH3 is 1. The summed E-state index contributed by atoms with van der Waals surface area (Å²) in [6, 6.07) is 0.871. The van der Waals surface area contributed by atoms with Gasteiger partial charge >= 0.3 is 13.1 Å². The van der Waals surface area contributed by atoms with Crippen LogP contribution in [0.15, 0.2) is 18.4 Å². The molecule has 1 aromatic carbocycles. The second-order valence-corrected chi connectivity index (χ2v) is 5.34. The number of esters is 1. The maximum atomic E-state index is 14.7. The van der Waals surface area contributed by atoms with Crippen molar-refractivity contribution in [1.29, 1.82) is 0 Å². The van der Waals surface area contributed by atoms with Crippen LogP contribution in [0.3, 0.4) is 0 Å². The lowest BCUT2D eigenvalue weighted by atomic mass is 9.77. The Bertz CT molecular complexity index is 721. The number of carbonyl (C=O) groups is 1. The Balaban J connectivity index is 2.65. The van der Waals surface area contributed by atoms with Crippen LogP contribution >= 0.6 is 0 Å². The van der Waals surface area contributed by atoms with Crippen molar-refractivity contribution < 1.29 is 28.2 Å². The van der Waals surface area contributed by atoms with Crippen LogP contribution in [0.4, 0.5) is 15.8 Å². The van der Waals surface area contributed by atoms with Crippen molar-refractivity contribution in [2.24, 2.45) is 0 Å². The number of hydrogen-bond acceptors (Lipinski definition) is 7. The van der Waals surface area contributed by atoms with Gasteiger partial charge in [-0.1, -0.05) is 6.58 Å². The van der Waals surface area contributed by atoms with E-state index in [1.807, 2.05) is 0 Å². The number of ether oxygens (including phenoxy) is 1. The minimum Gasteiger partial charge on any atom is -0.534 e. The highest BCUT2D eigenvalue weighted by Gasteiger charge is 2.46. The molecule has 2 N–H and O–H groups in total. The number of halogens is 1. The van der Waals surface area contributed by atoms with Gasteiger partial charge in [-0.05, 0) is 13.8 Å². The van der Waals surface area contributed by atoms with E-state index in [9.17, 15) is 19.3 Å². The highest BCUT2D eigenvalue weighted by atomic mass is 19.1. The molecule has 0 amide bonds. The van der Waals surface area contributed by atoms with Crippen LogP contribution in [0, 0.1) is 15.9 Å². The number of nitro groups is 1. The van der Waals surface area contributed by atoms with E-state index in [0.29, 0.717) is 0 Å². The number of carbonyl (C=O) groups excluding carboxylic acids is 1. The first kappa shape index (κ1) is 16.8. The minimum atomic E-state index is -1.29. The van der Waals surface area contributed by atoms with Crippen LogP contribution in [0.25, 0.3) is 0 Å². The monoisotopic (exact) mass is 324 g/mol. The van der Waals surface area contributed by atoms with Crippen molar-refractivity contribution in [3.05, 3.63) is 39.9 Å². The molecule has 1 saturated heterocycles. The number of nitrogen functional groups attached to an aromatic ring is 1. The molecule has 0 radical (unpaired) electrons. The van der Waals surface area contributed by atoms with Crippen molar-refractivity contribution in [2.75, 3.05) is 12.8 Å². The average molecular weight is 324 g/mol. The Labute approximate surface area is 131 Å². The Morgan fingerprint density at radius 2 is 2.17 bits per heavy atom. The number of nitrogens with two attached hydrogens (primary N) is 1. The summed E-state index contributed by atoms with van der Waals surface area (Å²) in [4.78, 5) is 22.0. The summed E-state index contributed by atoms with van der Waals surface area (Å²) in [6.07, 6.45) is 0. The summed E-state index contributed by atoms with van der Waals surface area (Å²) in [5.74, 6) is -2.02. The van der Waals surface area contributed by atoms with E-state index in [0.717, 1.165) is 13.2 Å². The third-order valence-corrected chi connectivity index (χ3v) is 3.47. The third kappa shape index (κ3) is 2.72. The van der Waals surface area contributed by atoms with Crippen LogP contribution in [0.2, 0.25) is 0 Å². The maximum absolute atomic E-state index is 14.7. The number of nitrogens with zero attached hydrogens (tertiary/aromatic N) is 1. The van der Waals surface area contributed by atoms with Crippen molar-refractivity contribution in [3.8, 4) is 0 Å². The van der Waals surface area contributed by atoms with Gasteiger partial charge in [0.1, 0.15) is 22.7 Å². The Morgan fingerprint density at radius 1 is 1.57 bits per heavy atom. The van der Waals surface area contributed by atoms with Crippen molar-refractivity contribution in [1.82, 2.24) is 0 Å². The average Bonchev–Trinajstić information content (AvgIpc) is 2.72. The molecule has 0 aromatic heterocycles. The van der Waals surface area contributed by atoms with Gasteiger partial charge in [-0.25, -0.2) is 9.18 Å². The van der Waals surface area contributed by atoms with Crippen LogP contribution in [-0.4, -0.2) is 30.7 Å². The van der Waals surface area contributed by atoms with Gasteiger partial charge < -0.3 is 19.8 Å². The van der Waals surface area contributed by atoms with Crippen LogP contribution in [-0.2, 0) is 14.0 Å². The number of hydrogen-bond donors (Lipinski definition) is 1. The predicted molar refractivity (Wildman–Crippen MR) is 79.6 cm³/mol. The molecule has 1 fully saturated rings. The summed E-state index contributed by atoms with van der Waals surface area (Å²) in [6.45, 7) is 6.92.